The highest BCUT2D eigenvalue weighted by Gasteiger charge is 2.28. The van der Waals surface area contributed by atoms with Crippen LogP contribution in [-0.2, 0) is 13.2 Å². The number of alkyl halides is 3. The fourth-order valence-corrected chi connectivity index (χ4v) is 4.04. The second-order valence-corrected chi connectivity index (χ2v) is 8.90. The van der Waals surface area contributed by atoms with E-state index in [1.807, 2.05) is 67.9 Å². The average Bonchev–Trinajstić information content (AvgIpc) is 3.19. The Morgan fingerprint density at radius 2 is 1.73 bits per heavy atom. The molecule has 0 atom stereocenters. The number of nitrogens with zero attached hydrogens (tertiary/aromatic N) is 2. The van der Waals surface area contributed by atoms with Gasteiger partial charge in [0.05, 0.1) is 12.3 Å². The summed E-state index contributed by atoms with van der Waals surface area (Å²) in [5, 5.41) is 15.6. The van der Waals surface area contributed by atoms with Crippen molar-refractivity contribution in [3.8, 4) is 22.4 Å². The van der Waals surface area contributed by atoms with Gasteiger partial charge in [-0.3, -0.25) is 9.48 Å². The van der Waals surface area contributed by atoms with Crippen molar-refractivity contribution in [1.29, 1.82) is 0 Å². The van der Waals surface area contributed by atoms with Crippen LogP contribution in [0, 0.1) is 5.92 Å². The van der Waals surface area contributed by atoms with Gasteiger partial charge in [0.15, 0.2) is 5.69 Å². The van der Waals surface area contributed by atoms with Crippen molar-refractivity contribution in [2.24, 2.45) is 5.92 Å². The molecule has 176 valence electrons. The molecule has 33 heavy (non-hydrogen) atoms. The van der Waals surface area contributed by atoms with Gasteiger partial charge in [0.25, 0.3) is 5.91 Å². The van der Waals surface area contributed by atoms with Gasteiger partial charge in [-0.05, 0) is 46.6 Å². The number of halogens is 3. The third kappa shape index (κ3) is 6.39. The van der Waals surface area contributed by atoms with Gasteiger partial charge >= 0.3 is 6.18 Å². The first kappa shape index (κ1) is 24.9. The smallest absolute Gasteiger partial charge is 0.392 e. The molecule has 1 heterocycles. The Balaban J connectivity index is 1.90. The Hall–Kier alpha value is -2.78. The average molecular weight is 478 g/mol. The van der Waals surface area contributed by atoms with E-state index in [0.29, 0.717) is 12.2 Å². The van der Waals surface area contributed by atoms with E-state index in [1.165, 1.54) is 6.07 Å². The standard InChI is InChI=1S/C24H26F3N3O2S/c1-15(2)12-30-21(11-20(29-30)23(32)28-14-24(25,26)27)17-6-4-16(5-7-17)18-8-9-19(13-31)22(10-18)33-3/h4-11,15,31H,12-14H2,1-3H3,(H,28,32). The number of aliphatic hydroxyl groups excluding tert-OH is 1. The highest BCUT2D eigenvalue weighted by atomic mass is 32.2. The number of hydrogen-bond donors (Lipinski definition) is 2. The maximum absolute atomic E-state index is 12.5. The number of benzene rings is 2. The van der Waals surface area contributed by atoms with Crippen LogP contribution in [-0.4, -0.2) is 39.8 Å². The zero-order valence-electron chi connectivity index (χ0n) is 18.6. The third-order valence-electron chi connectivity index (χ3n) is 4.97. The van der Waals surface area contributed by atoms with E-state index in [-0.39, 0.29) is 18.2 Å². The summed E-state index contributed by atoms with van der Waals surface area (Å²) in [4.78, 5) is 13.2. The molecular weight excluding hydrogens is 451 g/mol. The van der Waals surface area contributed by atoms with E-state index < -0.39 is 18.6 Å². The van der Waals surface area contributed by atoms with Crippen LogP contribution >= 0.6 is 11.8 Å². The molecule has 0 radical (unpaired) electrons. The molecule has 0 spiro atoms. The summed E-state index contributed by atoms with van der Waals surface area (Å²) in [5.74, 6) is -0.634. The Morgan fingerprint density at radius 1 is 1.09 bits per heavy atom. The fraction of sp³-hybridized carbons (Fsp3) is 0.333. The summed E-state index contributed by atoms with van der Waals surface area (Å²) >= 11 is 1.57. The molecule has 9 heteroatoms. The first-order chi connectivity index (χ1) is 15.6. The van der Waals surface area contributed by atoms with Gasteiger partial charge in [-0.25, -0.2) is 0 Å². The van der Waals surface area contributed by atoms with Gasteiger partial charge in [0.2, 0.25) is 0 Å². The largest absolute Gasteiger partial charge is 0.405 e. The summed E-state index contributed by atoms with van der Waals surface area (Å²) in [6, 6.07) is 15.1. The van der Waals surface area contributed by atoms with Gasteiger partial charge in [-0.1, -0.05) is 50.2 Å². The number of hydrogen-bond acceptors (Lipinski definition) is 4. The zero-order valence-corrected chi connectivity index (χ0v) is 19.4. The minimum Gasteiger partial charge on any atom is -0.392 e. The van der Waals surface area contributed by atoms with E-state index >= 15 is 0 Å². The first-order valence-corrected chi connectivity index (χ1v) is 11.6. The number of thioether (sulfide) groups is 1. The Kier molecular flexibility index (Phi) is 7.86. The maximum Gasteiger partial charge on any atom is 0.405 e. The molecule has 2 N–H and O–H groups in total. The van der Waals surface area contributed by atoms with Crippen LogP contribution in [0.4, 0.5) is 13.2 Å². The van der Waals surface area contributed by atoms with Crippen LogP contribution in [0.15, 0.2) is 53.4 Å². The summed E-state index contributed by atoms with van der Waals surface area (Å²) in [6.45, 7) is 3.09. The molecule has 0 saturated carbocycles. The lowest BCUT2D eigenvalue weighted by atomic mass is 10.0. The van der Waals surface area contributed by atoms with Gasteiger partial charge < -0.3 is 10.4 Å². The number of nitrogens with one attached hydrogen (secondary N) is 1. The molecule has 0 unspecified atom stereocenters. The minimum atomic E-state index is -4.49. The second kappa shape index (κ2) is 10.4. The van der Waals surface area contributed by atoms with E-state index in [9.17, 15) is 23.1 Å². The molecule has 3 rings (SSSR count). The Morgan fingerprint density at radius 3 is 2.30 bits per heavy atom. The molecule has 1 amide bonds. The molecule has 0 aliphatic heterocycles. The summed E-state index contributed by atoms with van der Waals surface area (Å²) in [5.41, 5.74) is 4.27. The molecule has 0 bridgehead atoms. The Labute approximate surface area is 195 Å². The lowest BCUT2D eigenvalue weighted by Gasteiger charge is -2.11. The van der Waals surface area contributed by atoms with Crippen molar-refractivity contribution >= 4 is 17.7 Å². The molecular formula is C24H26F3N3O2S. The highest BCUT2D eigenvalue weighted by Crippen LogP contribution is 2.30. The van der Waals surface area contributed by atoms with Crippen molar-refractivity contribution in [2.75, 3.05) is 12.8 Å². The van der Waals surface area contributed by atoms with Gasteiger partial charge in [-0.2, -0.15) is 18.3 Å². The number of amides is 1. The van der Waals surface area contributed by atoms with Crippen molar-refractivity contribution in [2.45, 2.75) is 38.1 Å². The number of rotatable bonds is 8. The Bertz CT molecular complexity index is 1110. The van der Waals surface area contributed by atoms with Crippen LogP contribution in [0.25, 0.3) is 22.4 Å². The minimum absolute atomic E-state index is 0.0197. The summed E-state index contributed by atoms with van der Waals surface area (Å²) < 4.78 is 39.1. The number of carbonyl (C=O) groups excluding carboxylic acids is 1. The topological polar surface area (TPSA) is 67.2 Å². The predicted octanol–water partition coefficient (Wildman–Crippen LogP) is 5.38. The van der Waals surface area contributed by atoms with Crippen LogP contribution in [0.2, 0.25) is 0 Å². The fourth-order valence-electron chi connectivity index (χ4n) is 3.40. The van der Waals surface area contributed by atoms with E-state index in [4.69, 9.17) is 0 Å². The molecule has 0 aliphatic carbocycles. The van der Waals surface area contributed by atoms with Gasteiger partial charge in [0, 0.05) is 11.4 Å². The highest BCUT2D eigenvalue weighted by molar-refractivity contribution is 7.98. The van der Waals surface area contributed by atoms with Crippen LogP contribution in [0.3, 0.4) is 0 Å². The monoisotopic (exact) mass is 477 g/mol. The quantitative estimate of drug-likeness (QED) is 0.428. The second-order valence-electron chi connectivity index (χ2n) is 8.05. The molecule has 2 aromatic carbocycles. The lowest BCUT2D eigenvalue weighted by Crippen LogP contribution is -2.34. The van der Waals surface area contributed by atoms with Crippen molar-refractivity contribution in [3.63, 3.8) is 0 Å². The molecule has 5 nitrogen and oxygen atoms in total. The third-order valence-corrected chi connectivity index (χ3v) is 5.79. The first-order valence-electron chi connectivity index (χ1n) is 10.4. The molecule has 0 fully saturated rings. The van der Waals surface area contributed by atoms with Crippen molar-refractivity contribution < 1.29 is 23.1 Å². The number of carbonyl (C=O) groups is 1. The maximum atomic E-state index is 12.5. The molecule has 1 aromatic heterocycles. The van der Waals surface area contributed by atoms with Crippen LogP contribution in [0.5, 0.6) is 0 Å². The van der Waals surface area contributed by atoms with E-state index in [1.54, 1.807) is 16.4 Å². The molecule has 0 saturated heterocycles. The van der Waals surface area contributed by atoms with E-state index in [0.717, 1.165) is 27.1 Å². The van der Waals surface area contributed by atoms with Crippen molar-refractivity contribution in [3.05, 3.63) is 59.8 Å². The van der Waals surface area contributed by atoms with Crippen LogP contribution in [0.1, 0.15) is 29.9 Å². The molecule has 3 aromatic rings. The summed E-state index contributed by atoms with van der Waals surface area (Å²) in [6.07, 6.45) is -2.53. The lowest BCUT2D eigenvalue weighted by molar-refractivity contribution is -0.123. The number of aliphatic hydroxyl groups is 1. The van der Waals surface area contributed by atoms with Gasteiger partial charge in [-0.15, -0.1) is 11.8 Å². The normalized spacial score (nSPS) is 11.8. The van der Waals surface area contributed by atoms with E-state index in [2.05, 4.69) is 5.10 Å². The van der Waals surface area contributed by atoms with Crippen molar-refractivity contribution in [1.82, 2.24) is 15.1 Å². The predicted molar refractivity (Wildman–Crippen MR) is 124 cm³/mol. The number of aromatic nitrogens is 2. The van der Waals surface area contributed by atoms with Crippen LogP contribution < -0.4 is 5.32 Å². The SMILES string of the molecule is CSc1cc(-c2ccc(-c3cc(C(=O)NCC(F)(F)F)nn3CC(C)C)cc2)ccc1CO. The van der Waals surface area contributed by atoms with Gasteiger partial charge in [0.1, 0.15) is 6.54 Å². The molecule has 0 aliphatic rings. The zero-order chi connectivity index (χ0) is 24.2. The summed E-state index contributed by atoms with van der Waals surface area (Å²) in [7, 11) is 0.